The Hall–Kier alpha value is -1.86. The lowest BCUT2D eigenvalue weighted by molar-refractivity contribution is -0.121. The number of nitriles is 1. The Bertz CT molecular complexity index is 478. The van der Waals surface area contributed by atoms with Gasteiger partial charge in [0.05, 0.1) is 17.6 Å². The van der Waals surface area contributed by atoms with Crippen LogP contribution in [0, 0.1) is 17.2 Å². The number of rotatable bonds is 2. The van der Waals surface area contributed by atoms with Gasteiger partial charge in [-0.05, 0) is 44.6 Å². The van der Waals surface area contributed by atoms with Crippen LogP contribution in [0.2, 0.25) is 0 Å². The second-order valence-electron chi connectivity index (χ2n) is 4.78. The van der Waals surface area contributed by atoms with Crippen LogP contribution in [-0.4, -0.2) is 30.9 Å². The van der Waals surface area contributed by atoms with Crippen LogP contribution in [0.3, 0.4) is 0 Å². The molecule has 1 aliphatic rings. The minimum atomic E-state index is 0.0505. The summed E-state index contributed by atoms with van der Waals surface area (Å²) in [5, 5.41) is 11.7. The SMILES string of the molecule is CN1CCCC(C(=O)Nc2cccc(C#N)c2)C1. The molecular weight excluding hydrogens is 226 g/mol. The highest BCUT2D eigenvalue weighted by Crippen LogP contribution is 2.18. The predicted octanol–water partition coefficient (Wildman–Crippen LogP) is 1.84. The highest BCUT2D eigenvalue weighted by Gasteiger charge is 2.23. The Labute approximate surface area is 107 Å². The molecule has 18 heavy (non-hydrogen) atoms. The van der Waals surface area contributed by atoms with Crippen molar-refractivity contribution in [3.63, 3.8) is 0 Å². The van der Waals surface area contributed by atoms with Crippen LogP contribution in [0.1, 0.15) is 18.4 Å². The molecule has 0 radical (unpaired) electrons. The number of carbonyl (C=O) groups is 1. The predicted molar refractivity (Wildman–Crippen MR) is 70.0 cm³/mol. The van der Waals surface area contributed by atoms with Crippen LogP contribution in [-0.2, 0) is 4.79 Å². The number of hydrogen-bond acceptors (Lipinski definition) is 3. The van der Waals surface area contributed by atoms with Crippen LogP contribution >= 0.6 is 0 Å². The number of anilines is 1. The summed E-state index contributed by atoms with van der Waals surface area (Å²) < 4.78 is 0. The maximum absolute atomic E-state index is 12.1. The van der Waals surface area contributed by atoms with Crippen molar-refractivity contribution in [3.05, 3.63) is 29.8 Å². The summed E-state index contributed by atoms with van der Waals surface area (Å²) in [6.07, 6.45) is 2.00. The molecule has 4 nitrogen and oxygen atoms in total. The van der Waals surface area contributed by atoms with E-state index in [4.69, 9.17) is 5.26 Å². The van der Waals surface area contributed by atoms with Gasteiger partial charge in [-0.2, -0.15) is 5.26 Å². The number of nitrogens with zero attached hydrogens (tertiary/aromatic N) is 2. The molecule has 0 saturated carbocycles. The van der Waals surface area contributed by atoms with Crippen molar-refractivity contribution in [3.8, 4) is 6.07 Å². The zero-order valence-electron chi connectivity index (χ0n) is 10.5. The van der Waals surface area contributed by atoms with Gasteiger partial charge in [-0.1, -0.05) is 6.07 Å². The van der Waals surface area contributed by atoms with Crippen molar-refractivity contribution in [2.45, 2.75) is 12.8 Å². The molecule has 1 fully saturated rings. The summed E-state index contributed by atoms with van der Waals surface area (Å²) in [5.41, 5.74) is 1.26. The highest BCUT2D eigenvalue weighted by atomic mass is 16.1. The topological polar surface area (TPSA) is 56.1 Å². The molecule has 1 aliphatic heterocycles. The standard InChI is InChI=1S/C14H17N3O/c1-17-7-3-5-12(10-17)14(18)16-13-6-2-4-11(8-13)9-15/h2,4,6,8,12H,3,5,7,10H2,1H3,(H,16,18). The molecule has 4 heteroatoms. The summed E-state index contributed by atoms with van der Waals surface area (Å²) in [5.74, 6) is 0.103. The molecule has 0 bridgehead atoms. The van der Waals surface area contributed by atoms with Crippen LogP contribution in [0.25, 0.3) is 0 Å². The molecule has 0 aromatic heterocycles. The number of piperidine rings is 1. The number of hydrogen-bond donors (Lipinski definition) is 1. The van der Waals surface area contributed by atoms with Crippen molar-refractivity contribution >= 4 is 11.6 Å². The monoisotopic (exact) mass is 243 g/mol. The third kappa shape index (κ3) is 3.08. The van der Waals surface area contributed by atoms with E-state index in [1.807, 2.05) is 13.1 Å². The molecule has 1 N–H and O–H groups in total. The van der Waals surface area contributed by atoms with Gasteiger partial charge in [0, 0.05) is 12.2 Å². The number of nitrogens with one attached hydrogen (secondary N) is 1. The fourth-order valence-electron chi connectivity index (χ4n) is 2.29. The maximum Gasteiger partial charge on any atom is 0.228 e. The lowest BCUT2D eigenvalue weighted by Gasteiger charge is -2.28. The van der Waals surface area contributed by atoms with Gasteiger partial charge in [0.1, 0.15) is 0 Å². The third-order valence-corrected chi connectivity index (χ3v) is 3.25. The Kier molecular flexibility index (Phi) is 3.96. The van der Waals surface area contributed by atoms with Gasteiger partial charge in [-0.3, -0.25) is 4.79 Å². The molecule has 1 amide bonds. The first-order valence-corrected chi connectivity index (χ1v) is 6.18. The van der Waals surface area contributed by atoms with E-state index in [9.17, 15) is 4.79 Å². The van der Waals surface area contributed by atoms with E-state index in [1.165, 1.54) is 0 Å². The summed E-state index contributed by atoms with van der Waals surface area (Å²) in [6.45, 7) is 1.87. The van der Waals surface area contributed by atoms with Gasteiger partial charge in [-0.15, -0.1) is 0 Å². The van der Waals surface area contributed by atoms with Gasteiger partial charge in [0.25, 0.3) is 0 Å². The lowest BCUT2D eigenvalue weighted by Crippen LogP contribution is -2.38. The van der Waals surface area contributed by atoms with E-state index in [0.717, 1.165) is 25.9 Å². The van der Waals surface area contributed by atoms with Gasteiger partial charge < -0.3 is 10.2 Å². The molecule has 1 atom stereocenters. The van der Waals surface area contributed by atoms with E-state index >= 15 is 0 Å². The molecule has 2 rings (SSSR count). The van der Waals surface area contributed by atoms with E-state index in [-0.39, 0.29) is 11.8 Å². The normalized spacial score (nSPS) is 20.1. The first-order chi connectivity index (χ1) is 8.69. The maximum atomic E-state index is 12.1. The van der Waals surface area contributed by atoms with Crippen LogP contribution in [0.4, 0.5) is 5.69 Å². The molecule has 1 heterocycles. The summed E-state index contributed by atoms with van der Waals surface area (Å²) in [6, 6.07) is 9.08. The van der Waals surface area contributed by atoms with Crippen molar-refractivity contribution in [2.24, 2.45) is 5.92 Å². The highest BCUT2D eigenvalue weighted by molar-refractivity contribution is 5.92. The molecular formula is C14H17N3O. The van der Waals surface area contributed by atoms with Crippen LogP contribution in [0.5, 0.6) is 0 Å². The largest absolute Gasteiger partial charge is 0.326 e. The first-order valence-electron chi connectivity index (χ1n) is 6.18. The number of likely N-dealkylation sites (tertiary alicyclic amines) is 1. The fraction of sp³-hybridized carbons (Fsp3) is 0.429. The first kappa shape index (κ1) is 12.6. The molecule has 1 saturated heterocycles. The smallest absolute Gasteiger partial charge is 0.228 e. The zero-order chi connectivity index (χ0) is 13.0. The molecule has 1 aromatic carbocycles. The van der Waals surface area contributed by atoms with Crippen molar-refractivity contribution in [1.82, 2.24) is 4.90 Å². The van der Waals surface area contributed by atoms with Gasteiger partial charge in [0.15, 0.2) is 0 Å². The summed E-state index contributed by atoms with van der Waals surface area (Å²) >= 11 is 0. The van der Waals surface area contributed by atoms with E-state index in [1.54, 1.807) is 18.2 Å². The van der Waals surface area contributed by atoms with Gasteiger partial charge in [-0.25, -0.2) is 0 Å². The second kappa shape index (κ2) is 5.65. The van der Waals surface area contributed by atoms with Crippen LogP contribution in [0.15, 0.2) is 24.3 Å². The van der Waals surface area contributed by atoms with E-state index < -0.39 is 0 Å². The number of amides is 1. The average molecular weight is 243 g/mol. The zero-order valence-corrected chi connectivity index (χ0v) is 10.5. The van der Waals surface area contributed by atoms with Crippen LogP contribution < -0.4 is 5.32 Å². The Morgan fingerprint density at radius 3 is 3.11 bits per heavy atom. The molecule has 0 spiro atoms. The summed E-state index contributed by atoms with van der Waals surface area (Å²) in [4.78, 5) is 14.3. The van der Waals surface area contributed by atoms with Gasteiger partial charge in [0.2, 0.25) is 5.91 Å². The molecule has 0 aliphatic carbocycles. The quantitative estimate of drug-likeness (QED) is 0.862. The molecule has 1 unspecified atom stereocenters. The third-order valence-electron chi connectivity index (χ3n) is 3.25. The van der Waals surface area contributed by atoms with E-state index in [0.29, 0.717) is 11.3 Å². The van der Waals surface area contributed by atoms with Crippen molar-refractivity contribution in [1.29, 1.82) is 5.26 Å². The van der Waals surface area contributed by atoms with Crippen molar-refractivity contribution < 1.29 is 4.79 Å². The average Bonchev–Trinajstić information content (AvgIpc) is 2.39. The Morgan fingerprint density at radius 1 is 1.56 bits per heavy atom. The van der Waals surface area contributed by atoms with Crippen molar-refractivity contribution in [2.75, 3.05) is 25.5 Å². The lowest BCUT2D eigenvalue weighted by atomic mass is 9.97. The number of benzene rings is 1. The second-order valence-corrected chi connectivity index (χ2v) is 4.78. The Balaban J connectivity index is 2.00. The molecule has 1 aromatic rings. The Morgan fingerprint density at radius 2 is 2.39 bits per heavy atom. The van der Waals surface area contributed by atoms with Gasteiger partial charge >= 0.3 is 0 Å². The molecule has 94 valence electrons. The fourth-order valence-corrected chi connectivity index (χ4v) is 2.29. The summed E-state index contributed by atoms with van der Waals surface area (Å²) in [7, 11) is 2.04. The minimum Gasteiger partial charge on any atom is -0.326 e. The minimum absolute atomic E-state index is 0.0505. The number of carbonyl (C=O) groups excluding carboxylic acids is 1. The van der Waals surface area contributed by atoms with E-state index in [2.05, 4.69) is 16.3 Å².